The molecule has 3 atom stereocenters. The van der Waals surface area contributed by atoms with Gasteiger partial charge in [-0.25, -0.2) is 15.0 Å². The summed E-state index contributed by atoms with van der Waals surface area (Å²) in [5, 5.41) is 0. The Morgan fingerprint density at radius 2 is 0.923 bits per heavy atom. The Labute approximate surface area is 157 Å². The van der Waals surface area contributed by atoms with Crippen LogP contribution in [0.3, 0.4) is 0 Å². The summed E-state index contributed by atoms with van der Waals surface area (Å²) < 4.78 is 18.1. The lowest BCUT2D eigenvalue weighted by atomic mass is 9.89. The fraction of sp³-hybridized carbons (Fsp3) is 0.850. The molecule has 0 saturated heterocycles. The van der Waals surface area contributed by atoms with Crippen LogP contribution in [0.5, 0.6) is 0 Å². The lowest BCUT2D eigenvalue weighted by molar-refractivity contribution is 0.239. The maximum absolute atomic E-state index is 6.04. The number of nitrogens with zero attached hydrogens (tertiary/aromatic N) is 3. The van der Waals surface area contributed by atoms with E-state index in [0.29, 0.717) is 55.3 Å². The van der Waals surface area contributed by atoms with Crippen molar-refractivity contribution in [1.29, 1.82) is 0 Å². The molecular formula is C20H33N3O3. The van der Waals surface area contributed by atoms with Crippen LogP contribution in [0.4, 0.5) is 0 Å². The van der Waals surface area contributed by atoms with E-state index < -0.39 is 5.41 Å². The largest absolute Gasteiger partial charge is 0.478 e. The van der Waals surface area contributed by atoms with Crippen molar-refractivity contribution in [2.75, 3.05) is 19.8 Å². The highest BCUT2D eigenvalue weighted by atomic mass is 16.5. The Hall–Kier alpha value is -1.59. The number of hydrogen-bond donors (Lipinski definition) is 0. The van der Waals surface area contributed by atoms with E-state index in [-0.39, 0.29) is 18.1 Å². The van der Waals surface area contributed by atoms with Crippen molar-refractivity contribution in [3.05, 3.63) is 0 Å². The van der Waals surface area contributed by atoms with Gasteiger partial charge in [0.25, 0.3) is 0 Å². The second-order valence-corrected chi connectivity index (χ2v) is 8.79. The molecule has 26 heavy (non-hydrogen) atoms. The molecule has 0 aromatic heterocycles. The van der Waals surface area contributed by atoms with Crippen molar-refractivity contribution < 1.29 is 14.2 Å². The first-order valence-electron chi connectivity index (χ1n) is 9.86. The molecule has 0 aliphatic carbocycles. The summed E-state index contributed by atoms with van der Waals surface area (Å²) in [5.74, 6) is 3.14. The van der Waals surface area contributed by atoms with Gasteiger partial charge in [-0.2, -0.15) is 0 Å². The monoisotopic (exact) mass is 363 g/mol. The first-order chi connectivity index (χ1) is 12.2. The summed E-state index contributed by atoms with van der Waals surface area (Å²) in [7, 11) is 0. The first-order valence-corrected chi connectivity index (χ1v) is 9.86. The molecule has 3 rings (SSSR count). The fourth-order valence-electron chi connectivity index (χ4n) is 3.29. The number of rotatable bonds is 6. The number of hydrogen-bond acceptors (Lipinski definition) is 6. The van der Waals surface area contributed by atoms with Crippen molar-refractivity contribution in [2.45, 2.75) is 66.6 Å². The minimum atomic E-state index is -0.781. The molecule has 3 aliphatic heterocycles. The highest BCUT2D eigenvalue weighted by molar-refractivity contribution is 6.23. The van der Waals surface area contributed by atoms with Gasteiger partial charge in [-0.3, -0.25) is 0 Å². The molecular weight excluding hydrogens is 330 g/mol. The van der Waals surface area contributed by atoms with Crippen molar-refractivity contribution in [3.8, 4) is 0 Å². The molecule has 3 heterocycles. The van der Waals surface area contributed by atoms with Crippen LogP contribution in [0.2, 0.25) is 0 Å². The highest BCUT2D eigenvalue weighted by Gasteiger charge is 2.52. The van der Waals surface area contributed by atoms with Crippen LogP contribution in [0, 0.1) is 23.2 Å². The molecule has 3 aliphatic rings. The second kappa shape index (κ2) is 7.20. The van der Waals surface area contributed by atoms with Crippen molar-refractivity contribution in [2.24, 2.45) is 38.1 Å². The minimum absolute atomic E-state index is 0.148. The molecule has 6 heteroatoms. The third kappa shape index (κ3) is 3.35. The molecule has 0 fully saturated rings. The Morgan fingerprint density at radius 1 is 0.654 bits per heavy atom. The van der Waals surface area contributed by atoms with Crippen LogP contribution in [-0.4, -0.2) is 55.6 Å². The van der Waals surface area contributed by atoms with E-state index >= 15 is 0 Å². The molecule has 146 valence electrons. The number of ether oxygens (including phenoxy) is 3. The first kappa shape index (κ1) is 19.2. The van der Waals surface area contributed by atoms with Crippen LogP contribution in [0.25, 0.3) is 0 Å². The third-order valence-corrected chi connectivity index (χ3v) is 5.61. The zero-order valence-corrected chi connectivity index (χ0v) is 17.2. The summed E-state index contributed by atoms with van der Waals surface area (Å²) in [5.41, 5.74) is -0.781. The molecule has 0 bridgehead atoms. The molecule has 0 radical (unpaired) electrons. The maximum atomic E-state index is 6.04. The van der Waals surface area contributed by atoms with Crippen LogP contribution in [0.15, 0.2) is 15.0 Å². The molecule has 3 unspecified atom stereocenters. The number of aliphatic imine (C=N–C) groups is 3. The van der Waals surface area contributed by atoms with E-state index in [9.17, 15) is 0 Å². The minimum Gasteiger partial charge on any atom is -0.478 e. The lowest BCUT2D eigenvalue weighted by Crippen LogP contribution is -2.44. The Morgan fingerprint density at radius 3 is 1.12 bits per heavy atom. The Kier molecular flexibility index (Phi) is 5.31. The summed E-state index contributed by atoms with van der Waals surface area (Å²) >= 11 is 0. The predicted octanol–water partition coefficient (Wildman–Crippen LogP) is 3.35. The molecule has 0 saturated carbocycles. The van der Waals surface area contributed by atoms with Crippen LogP contribution >= 0.6 is 0 Å². The van der Waals surface area contributed by atoms with Crippen molar-refractivity contribution in [1.82, 2.24) is 0 Å². The van der Waals surface area contributed by atoms with E-state index in [1.54, 1.807) is 0 Å². The molecule has 0 spiro atoms. The SMILES string of the molecule is CC(C)C1COC(C(C)(C2=NC(C(C)C)CO2)C2=NC(C(C)C)CO2)=N1. The zero-order chi connectivity index (χ0) is 19.1. The van der Waals surface area contributed by atoms with Gasteiger partial charge >= 0.3 is 0 Å². The maximum Gasteiger partial charge on any atom is 0.209 e. The van der Waals surface area contributed by atoms with Gasteiger partial charge in [0, 0.05) is 0 Å². The third-order valence-electron chi connectivity index (χ3n) is 5.61. The fourth-order valence-corrected chi connectivity index (χ4v) is 3.29. The van der Waals surface area contributed by atoms with Gasteiger partial charge in [0.1, 0.15) is 19.8 Å². The van der Waals surface area contributed by atoms with Crippen LogP contribution < -0.4 is 0 Å². The topological polar surface area (TPSA) is 64.8 Å². The van der Waals surface area contributed by atoms with Gasteiger partial charge in [0.2, 0.25) is 17.7 Å². The second-order valence-electron chi connectivity index (χ2n) is 8.79. The van der Waals surface area contributed by atoms with E-state index in [1.807, 2.05) is 6.92 Å². The zero-order valence-electron chi connectivity index (χ0n) is 17.2. The molecule has 0 amide bonds. The molecule has 0 N–H and O–H groups in total. The molecule has 6 nitrogen and oxygen atoms in total. The van der Waals surface area contributed by atoms with Crippen LogP contribution in [-0.2, 0) is 14.2 Å². The van der Waals surface area contributed by atoms with Gasteiger partial charge in [-0.05, 0) is 24.7 Å². The quantitative estimate of drug-likeness (QED) is 0.727. The summed E-state index contributed by atoms with van der Waals surface area (Å²) in [6, 6.07) is 0.445. The van der Waals surface area contributed by atoms with Crippen LogP contribution in [0.1, 0.15) is 48.5 Å². The van der Waals surface area contributed by atoms with E-state index in [4.69, 9.17) is 29.2 Å². The van der Waals surface area contributed by atoms with Gasteiger partial charge in [-0.15, -0.1) is 0 Å². The Balaban J connectivity index is 1.99. The van der Waals surface area contributed by atoms with Gasteiger partial charge < -0.3 is 14.2 Å². The molecule has 0 aromatic rings. The van der Waals surface area contributed by atoms with E-state index in [2.05, 4.69) is 41.5 Å². The van der Waals surface area contributed by atoms with E-state index in [0.717, 1.165) is 0 Å². The van der Waals surface area contributed by atoms with Gasteiger partial charge in [-0.1, -0.05) is 41.5 Å². The standard InChI is InChI=1S/C20H33N3O3/c1-11(2)14-8-24-17(21-14)20(7,18-22-15(9-25-18)12(3)4)19-23-16(10-26-19)13(5)6/h11-16H,8-10H2,1-7H3. The predicted molar refractivity (Wildman–Crippen MR) is 104 cm³/mol. The lowest BCUT2D eigenvalue weighted by Gasteiger charge is -2.26. The summed E-state index contributed by atoms with van der Waals surface area (Å²) in [6.07, 6.45) is 0. The van der Waals surface area contributed by atoms with Crippen molar-refractivity contribution in [3.63, 3.8) is 0 Å². The summed E-state index contributed by atoms with van der Waals surface area (Å²) in [6.45, 7) is 16.8. The van der Waals surface area contributed by atoms with Gasteiger partial charge in [0.15, 0.2) is 5.41 Å². The normalized spacial score (nSPS) is 30.7. The van der Waals surface area contributed by atoms with Crippen molar-refractivity contribution >= 4 is 17.7 Å². The summed E-state index contributed by atoms with van der Waals surface area (Å²) in [4.78, 5) is 14.6. The smallest absolute Gasteiger partial charge is 0.209 e. The van der Waals surface area contributed by atoms with Gasteiger partial charge in [0.05, 0.1) is 18.1 Å². The highest BCUT2D eigenvalue weighted by Crippen LogP contribution is 2.36. The Bertz CT molecular complexity index is 538. The van der Waals surface area contributed by atoms with E-state index in [1.165, 1.54) is 0 Å². The average molecular weight is 364 g/mol. The molecule has 0 aromatic carbocycles. The average Bonchev–Trinajstić information content (AvgIpc) is 3.33.